The van der Waals surface area contributed by atoms with Crippen LogP contribution in [0.1, 0.15) is 11.6 Å². The van der Waals surface area contributed by atoms with Gasteiger partial charge >= 0.3 is 17.8 Å². The molecule has 116 valence electrons. The maximum absolute atomic E-state index is 13.4. The Balaban J connectivity index is 2.93. The topological polar surface area (TPSA) is 77.5 Å². The second kappa shape index (κ2) is 7.28. The predicted octanol–water partition coefficient (Wildman–Crippen LogP) is 1.35. The molecule has 1 amide bonds. The Morgan fingerprint density at radius 2 is 2.14 bits per heavy atom. The van der Waals surface area contributed by atoms with Gasteiger partial charge in [-0.15, -0.1) is 0 Å². The number of ether oxygens (including phenoxy) is 2. The lowest BCUT2D eigenvalue weighted by atomic mass is 10.1. The van der Waals surface area contributed by atoms with Crippen molar-refractivity contribution in [2.45, 2.75) is 12.0 Å². The number of hydrogen-bond donors (Lipinski definition) is 1. The van der Waals surface area contributed by atoms with Gasteiger partial charge in [0.25, 0.3) is 0 Å². The lowest BCUT2D eigenvalue weighted by molar-refractivity contribution is -0.175. The van der Waals surface area contributed by atoms with Crippen molar-refractivity contribution < 1.29 is 27.8 Å². The van der Waals surface area contributed by atoms with Gasteiger partial charge in [-0.05, 0) is 17.7 Å². The summed E-state index contributed by atoms with van der Waals surface area (Å²) >= 11 is 5.70. The first-order chi connectivity index (χ1) is 9.82. The first kappa shape index (κ1) is 17.3. The smallest absolute Gasteiger partial charge is 0.418 e. The molecule has 0 aliphatic heterocycles. The van der Waals surface area contributed by atoms with Gasteiger partial charge in [0.1, 0.15) is 5.15 Å². The number of nitrogens with zero attached hydrogens (tertiary/aromatic N) is 1. The van der Waals surface area contributed by atoms with Crippen LogP contribution in [0.2, 0.25) is 5.15 Å². The van der Waals surface area contributed by atoms with Crippen molar-refractivity contribution in [3.63, 3.8) is 0 Å². The number of halogens is 3. The zero-order valence-corrected chi connectivity index (χ0v) is 12.0. The highest BCUT2D eigenvalue weighted by Gasteiger charge is 2.49. The summed E-state index contributed by atoms with van der Waals surface area (Å²) in [6.45, 7) is -0.0939. The molecule has 1 heterocycles. The zero-order chi connectivity index (χ0) is 16.0. The van der Waals surface area contributed by atoms with Gasteiger partial charge in [0.2, 0.25) is 0 Å². The first-order valence-corrected chi connectivity index (χ1v) is 6.08. The molecule has 0 saturated carbocycles. The number of carbonyl (C=O) groups is 2. The number of esters is 1. The molecule has 1 aromatic rings. The Labute approximate surface area is 124 Å². The van der Waals surface area contributed by atoms with Crippen molar-refractivity contribution in [3.05, 3.63) is 29.0 Å². The molecule has 9 heteroatoms. The van der Waals surface area contributed by atoms with Gasteiger partial charge in [-0.2, -0.15) is 8.78 Å². The second-order valence-corrected chi connectivity index (χ2v) is 4.35. The van der Waals surface area contributed by atoms with E-state index in [-0.39, 0.29) is 11.8 Å². The molecule has 0 bridgehead atoms. The van der Waals surface area contributed by atoms with E-state index in [2.05, 4.69) is 9.72 Å². The van der Waals surface area contributed by atoms with Crippen molar-refractivity contribution in [1.82, 2.24) is 10.3 Å². The van der Waals surface area contributed by atoms with Gasteiger partial charge in [0.15, 0.2) is 0 Å². The Hall–Kier alpha value is -1.80. The predicted molar refractivity (Wildman–Crippen MR) is 69.0 cm³/mol. The normalized spacial score (nSPS) is 12.6. The van der Waals surface area contributed by atoms with E-state index in [0.717, 1.165) is 7.11 Å². The maximum Gasteiger partial charge on any atom is 0.418 e. The molecular formula is C12H13ClF2N2O4. The molecule has 1 rings (SSSR count). The molecule has 21 heavy (non-hydrogen) atoms. The van der Waals surface area contributed by atoms with Crippen LogP contribution in [0.3, 0.4) is 0 Å². The van der Waals surface area contributed by atoms with Gasteiger partial charge in [-0.1, -0.05) is 11.6 Å². The molecule has 0 fully saturated rings. The Kier molecular flexibility index (Phi) is 5.98. The quantitative estimate of drug-likeness (QED) is 0.486. The third-order valence-electron chi connectivity index (χ3n) is 2.52. The first-order valence-electron chi connectivity index (χ1n) is 5.70. The number of methoxy groups -OCH3 is 2. The highest BCUT2D eigenvalue weighted by atomic mass is 35.5. The minimum atomic E-state index is -4.29. The van der Waals surface area contributed by atoms with Crippen LogP contribution in [0, 0.1) is 0 Å². The molecule has 0 aromatic carbocycles. The number of carbonyl (C=O) groups excluding carboxylic acids is 2. The summed E-state index contributed by atoms with van der Waals surface area (Å²) in [4.78, 5) is 26.2. The van der Waals surface area contributed by atoms with Crippen LogP contribution < -0.4 is 5.32 Å². The van der Waals surface area contributed by atoms with Crippen molar-refractivity contribution in [1.29, 1.82) is 0 Å². The molecule has 0 spiro atoms. The summed E-state index contributed by atoms with van der Waals surface area (Å²) in [5, 5.41) is 2.14. The number of hydrogen-bond acceptors (Lipinski definition) is 5. The van der Waals surface area contributed by atoms with Gasteiger partial charge in [0.05, 0.1) is 19.8 Å². The number of aromatic nitrogens is 1. The SMILES string of the molecule is COCC(NC(=O)C(F)(F)C(=O)OC)c1ccnc(Cl)c1. The molecule has 1 atom stereocenters. The van der Waals surface area contributed by atoms with E-state index in [1.54, 1.807) is 0 Å². The van der Waals surface area contributed by atoms with E-state index < -0.39 is 23.8 Å². The van der Waals surface area contributed by atoms with Crippen LogP contribution in [0.4, 0.5) is 8.78 Å². The van der Waals surface area contributed by atoms with Crippen LogP contribution in [0.25, 0.3) is 0 Å². The summed E-state index contributed by atoms with van der Waals surface area (Å²) in [5.41, 5.74) is 0.408. The van der Waals surface area contributed by atoms with Gasteiger partial charge in [-0.25, -0.2) is 9.78 Å². The molecule has 1 N–H and O–H groups in total. The Morgan fingerprint density at radius 1 is 1.48 bits per heavy atom. The summed E-state index contributed by atoms with van der Waals surface area (Å²) in [6, 6.07) is 1.95. The summed E-state index contributed by atoms with van der Waals surface area (Å²) in [6.07, 6.45) is 1.35. The molecule has 0 radical (unpaired) electrons. The minimum Gasteiger partial charge on any atom is -0.464 e. The fourth-order valence-electron chi connectivity index (χ4n) is 1.49. The Bertz CT molecular complexity index is 528. The number of amides is 1. The summed E-state index contributed by atoms with van der Waals surface area (Å²) < 4.78 is 35.6. The number of nitrogens with one attached hydrogen (secondary N) is 1. The number of rotatable bonds is 6. The van der Waals surface area contributed by atoms with E-state index in [9.17, 15) is 18.4 Å². The van der Waals surface area contributed by atoms with E-state index in [1.165, 1.54) is 25.4 Å². The van der Waals surface area contributed by atoms with E-state index in [1.807, 2.05) is 5.32 Å². The standard InChI is InChI=1S/C12H13ClF2N2O4/c1-20-6-8(7-3-4-16-9(13)5-7)17-10(18)12(14,15)11(19)21-2/h3-5,8H,6H2,1-2H3,(H,17,18). The van der Waals surface area contributed by atoms with Crippen LogP contribution in [-0.2, 0) is 19.1 Å². The third-order valence-corrected chi connectivity index (χ3v) is 2.73. The molecule has 0 aliphatic carbocycles. The highest BCUT2D eigenvalue weighted by molar-refractivity contribution is 6.29. The van der Waals surface area contributed by atoms with Gasteiger partial charge in [-0.3, -0.25) is 4.79 Å². The van der Waals surface area contributed by atoms with Gasteiger partial charge < -0.3 is 14.8 Å². The molecule has 1 aromatic heterocycles. The van der Waals surface area contributed by atoms with E-state index in [0.29, 0.717) is 5.56 Å². The van der Waals surface area contributed by atoms with Crippen molar-refractivity contribution in [2.24, 2.45) is 0 Å². The number of pyridine rings is 1. The van der Waals surface area contributed by atoms with Crippen LogP contribution in [0.5, 0.6) is 0 Å². The molecular weight excluding hydrogens is 310 g/mol. The second-order valence-electron chi connectivity index (χ2n) is 3.96. The van der Waals surface area contributed by atoms with Gasteiger partial charge in [0, 0.05) is 13.3 Å². The molecule has 6 nitrogen and oxygen atoms in total. The lowest BCUT2D eigenvalue weighted by Gasteiger charge is -2.21. The Morgan fingerprint density at radius 3 is 2.67 bits per heavy atom. The van der Waals surface area contributed by atoms with Crippen LogP contribution in [-0.4, -0.2) is 43.6 Å². The van der Waals surface area contributed by atoms with E-state index in [4.69, 9.17) is 16.3 Å². The fourth-order valence-corrected chi connectivity index (χ4v) is 1.67. The van der Waals surface area contributed by atoms with Crippen molar-refractivity contribution >= 4 is 23.5 Å². The third kappa shape index (κ3) is 4.33. The minimum absolute atomic E-state index is 0.0939. The summed E-state index contributed by atoms with van der Waals surface area (Å²) in [5.74, 6) is -8.02. The van der Waals surface area contributed by atoms with Crippen LogP contribution in [0.15, 0.2) is 18.3 Å². The average Bonchev–Trinajstić information content (AvgIpc) is 2.45. The van der Waals surface area contributed by atoms with Crippen molar-refractivity contribution in [2.75, 3.05) is 20.8 Å². The maximum atomic E-state index is 13.4. The fraction of sp³-hybridized carbons (Fsp3) is 0.417. The summed E-state index contributed by atoms with van der Waals surface area (Å²) in [7, 11) is 2.10. The molecule has 1 unspecified atom stereocenters. The highest BCUT2D eigenvalue weighted by Crippen LogP contribution is 2.20. The molecule has 0 aliphatic rings. The largest absolute Gasteiger partial charge is 0.464 e. The average molecular weight is 323 g/mol. The number of alkyl halides is 2. The lowest BCUT2D eigenvalue weighted by Crippen LogP contribution is -2.48. The molecule has 0 saturated heterocycles. The zero-order valence-electron chi connectivity index (χ0n) is 11.2. The van der Waals surface area contributed by atoms with Crippen LogP contribution >= 0.6 is 11.6 Å². The van der Waals surface area contributed by atoms with E-state index >= 15 is 0 Å². The van der Waals surface area contributed by atoms with Crippen molar-refractivity contribution in [3.8, 4) is 0 Å². The monoisotopic (exact) mass is 322 g/mol.